The molecule has 2 aromatic rings. The largest absolute Gasteiger partial charge is 0.505 e. The lowest BCUT2D eigenvalue weighted by molar-refractivity contribution is 0.0694. The smallest absolute Gasteiger partial charge is 0.276 e. The van der Waals surface area contributed by atoms with Crippen LogP contribution in [0.15, 0.2) is 30.7 Å². The van der Waals surface area contributed by atoms with Crippen LogP contribution >= 0.6 is 0 Å². The van der Waals surface area contributed by atoms with Gasteiger partial charge in [0.2, 0.25) is 0 Å². The Balaban J connectivity index is 1.79. The Labute approximate surface area is 129 Å². The van der Waals surface area contributed by atoms with Gasteiger partial charge in [-0.15, -0.1) is 0 Å². The van der Waals surface area contributed by atoms with E-state index in [-0.39, 0.29) is 23.3 Å². The molecule has 3 heterocycles. The van der Waals surface area contributed by atoms with Gasteiger partial charge in [0.15, 0.2) is 5.69 Å². The number of piperidine rings is 1. The van der Waals surface area contributed by atoms with E-state index in [9.17, 15) is 9.90 Å². The molecule has 1 fully saturated rings. The van der Waals surface area contributed by atoms with E-state index in [1.54, 1.807) is 11.0 Å². The highest BCUT2D eigenvalue weighted by Crippen LogP contribution is 2.27. The van der Waals surface area contributed by atoms with Crippen molar-refractivity contribution in [1.29, 1.82) is 0 Å². The van der Waals surface area contributed by atoms with Crippen LogP contribution in [0.25, 0.3) is 0 Å². The second-order valence-electron chi connectivity index (χ2n) is 5.53. The third-order valence-electron chi connectivity index (χ3n) is 4.15. The number of carbonyl (C=O) groups excluding carboxylic acids is 1. The molecule has 1 saturated heterocycles. The van der Waals surface area contributed by atoms with E-state index in [2.05, 4.69) is 21.5 Å². The zero-order valence-electron chi connectivity index (χ0n) is 12.6. The summed E-state index contributed by atoms with van der Waals surface area (Å²) in [6, 6.07) is 3.11. The molecule has 0 aliphatic carbocycles. The van der Waals surface area contributed by atoms with Crippen molar-refractivity contribution in [3.05, 3.63) is 42.2 Å². The lowest BCUT2D eigenvalue weighted by atomic mass is 9.96. The van der Waals surface area contributed by atoms with Crippen LogP contribution in [0.5, 0.6) is 5.75 Å². The Hall–Kier alpha value is -2.37. The van der Waals surface area contributed by atoms with Crippen LogP contribution in [0, 0.1) is 0 Å². The summed E-state index contributed by atoms with van der Waals surface area (Å²) in [6.45, 7) is 4.27. The van der Waals surface area contributed by atoms with Gasteiger partial charge in [-0.25, -0.2) is 9.97 Å². The predicted molar refractivity (Wildman–Crippen MR) is 81.7 cm³/mol. The Kier molecular flexibility index (Phi) is 4.09. The number of carbonyl (C=O) groups is 1. The molecule has 6 nitrogen and oxygen atoms in total. The summed E-state index contributed by atoms with van der Waals surface area (Å²) >= 11 is 0. The molecule has 2 aromatic heterocycles. The van der Waals surface area contributed by atoms with Crippen LogP contribution in [-0.2, 0) is 6.54 Å². The van der Waals surface area contributed by atoms with Crippen molar-refractivity contribution in [1.82, 2.24) is 19.4 Å². The number of aromatic nitrogens is 3. The van der Waals surface area contributed by atoms with E-state index in [1.165, 1.54) is 12.3 Å². The number of pyridine rings is 1. The van der Waals surface area contributed by atoms with Gasteiger partial charge in [0.25, 0.3) is 5.91 Å². The molecule has 1 N–H and O–H groups in total. The topological polar surface area (TPSA) is 71.2 Å². The average molecular weight is 300 g/mol. The van der Waals surface area contributed by atoms with Crippen molar-refractivity contribution in [2.45, 2.75) is 32.2 Å². The number of nitrogens with zero attached hydrogens (tertiary/aromatic N) is 4. The number of hydrogen-bond acceptors (Lipinski definition) is 4. The predicted octanol–water partition coefficient (Wildman–Crippen LogP) is 2.02. The van der Waals surface area contributed by atoms with Crippen LogP contribution in [-0.4, -0.2) is 43.5 Å². The van der Waals surface area contributed by atoms with Crippen molar-refractivity contribution in [2.24, 2.45) is 0 Å². The molecule has 6 heteroatoms. The Morgan fingerprint density at radius 3 is 3.05 bits per heavy atom. The van der Waals surface area contributed by atoms with Crippen molar-refractivity contribution < 1.29 is 9.90 Å². The van der Waals surface area contributed by atoms with Gasteiger partial charge < -0.3 is 14.6 Å². The highest BCUT2D eigenvalue weighted by molar-refractivity contribution is 5.94. The maximum Gasteiger partial charge on any atom is 0.276 e. The fraction of sp³-hybridized carbons (Fsp3) is 0.438. The molecule has 22 heavy (non-hydrogen) atoms. The molecule has 0 saturated carbocycles. The van der Waals surface area contributed by atoms with Gasteiger partial charge in [-0.1, -0.05) is 0 Å². The van der Waals surface area contributed by atoms with E-state index >= 15 is 0 Å². The van der Waals surface area contributed by atoms with Gasteiger partial charge in [0.1, 0.15) is 11.6 Å². The minimum absolute atomic E-state index is 0.0651. The normalized spacial score (nSPS) is 18.4. The summed E-state index contributed by atoms with van der Waals surface area (Å²) in [5.41, 5.74) is 0.127. The zero-order valence-corrected chi connectivity index (χ0v) is 12.6. The second-order valence-corrected chi connectivity index (χ2v) is 5.53. The molecule has 1 aliphatic heterocycles. The monoisotopic (exact) mass is 300 g/mol. The average Bonchev–Trinajstić information content (AvgIpc) is 3.03. The summed E-state index contributed by atoms with van der Waals surface area (Å²) < 4.78 is 2.12. The van der Waals surface area contributed by atoms with Crippen molar-refractivity contribution in [3.8, 4) is 5.75 Å². The van der Waals surface area contributed by atoms with Crippen LogP contribution in [0.3, 0.4) is 0 Å². The van der Waals surface area contributed by atoms with Gasteiger partial charge in [-0.05, 0) is 31.9 Å². The van der Waals surface area contributed by atoms with Crippen molar-refractivity contribution >= 4 is 5.91 Å². The third-order valence-corrected chi connectivity index (χ3v) is 4.15. The minimum Gasteiger partial charge on any atom is -0.505 e. The number of rotatable bonds is 3. The van der Waals surface area contributed by atoms with Gasteiger partial charge >= 0.3 is 0 Å². The van der Waals surface area contributed by atoms with Gasteiger partial charge in [0, 0.05) is 44.1 Å². The summed E-state index contributed by atoms with van der Waals surface area (Å²) in [6.07, 6.45) is 7.26. The van der Waals surface area contributed by atoms with Gasteiger partial charge in [-0.3, -0.25) is 4.79 Å². The zero-order chi connectivity index (χ0) is 15.5. The van der Waals surface area contributed by atoms with Crippen LogP contribution in [0.2, 0.25) is 0 Å². The Bertz CT molecular complexity index is 668. The highest BCUT2D eigenvalue weighted by atomic mass is 16.3. The summed E-state index contributed by atoms with van der Waals surface area (Å²) in [5, 5.41) is 9.82. The lowest BCUT2D eigenvalue weighted by Crippen LogP contribution is -2.40. The van der Waals surface area contributed by atoms with Crippen LogP contribution < -0.4 is 0 Å². The SMILES string of the molecule is CCn1ccnc1[C@@H]1CCCN(C(=O)c2ncccc2O)C1. The molecule has 116 valence electrons. The number of aryl methyl sites for hydroxylation is 1. The van der Waals surface area contributed by atoms with E-state index in [4.69, 9.17) is 0 Å². The molecule has 1 atom stereocenters. The molecule has 0 bridgehead atoms. The summed E-state index contributed by atoms with van der Waals surface area (Å²) in [4.78, 5) is 22.8. The van der Waals surface area contributed by atoms with Crippen LogP contribution in [0.1, 0.15) is 42.0 Å². The van der Waals surface area contributed by atoms with E-state index in [0.29, 0.717) is 13.1 Å². The lowest BCUT2D eigenvalue weighted by Gasteiger charge is -2.32. The maximum atomic E-state index is 12.6. The first-order valence-electron chi connectivity index (χ1n) is 7.65. The first-order chi connectivity index (χ1) is 10.7. The maximum absolute atomic E-state index is 12.6. The minimum atomic E-state index is -0.211. The molecular formula is C16H20N4O2. The molecule has 3 rings (SSSR count). The summed E-state index contributed by atoms with van der Waals surface area (Å²) in [5.74, 6) is 0.992. The molecule has 0 aromatic carbocycles. The van der Waals surface area contributed by atoms with Crippen molar-refractivity contribution in [3.63, 3.8) is 0 Å². The number of imidazole rings is 1. The van der Waals surface area contributed by atoms with E-state index in [0.717, 1.165) is 25.2 Å². The first kappa shape index (κ1) is 14.6. The fourth-order valence-electron chi connectivity index (χ4n) is 3.03. The first-order valence-corrected chi connectivity index (χ1v) is 7.65. The van der Waals surface area contributed by atoms with Gasteiger partial charge in [0.05, 0.1) is 0 Å². The number of amides is 1. The number of hydrogen-bond donors (Lipinski definition) is 1. The standard InChI is InChI=1S/C16H20N4O2/c1-2-19-10-8-18-15(19)12-5-4-9-20(11-12)16(22)14-13(21)6-3-7-17-14/h3,6-8,10,12,21H,2,4-5,9,11H2,1H3/t12-/m1/s1. The van der Waals surface area contributed by atoms with E-state index in [1.807, 2.05) is 12.4 Å². The number of likely N-dealkylation sites (tertiary alicyclic amines) is 1. The molecule has 1 aliphatic rings. The highest BCUT2D eigenvalue weighted by Gasteiger charge is 2.29. The molecule has 1 amide bonds. The van der Waals surface area contributed by atoms with Crippen molar-refractivity contribution in [2.75, 3.05) is 13.1 Å². The fourth-order valence-corrected chi connectivity index (χ4v) is 3.03. The number of aromatic hydroxyl groups is 1. The van der Waals surface area contributed by atoms with Crippen LogP contribution in [0.4, 0.5) is 0 Å². The van der Waals surface area contributed by atoms with E-state index < -0.39 is 0 Å². The Morgan fingerprint density at radius 1 is 1.41 bits per heavy atom. The molecular weight excluding hydrogens is 280 g/mol. The Morgan fingerprint density at radius 2 is 2.27 bits per heavy atom. The molecule has 0 spiro atoms. The molecule has 0 radical (unpaired) electrons. The second kappa shape index (κ2) is 6.17. The molecule has 0 unspecified atom stereocenters. The quantitative estimate of drug-likeness (QED) is 0.941. The summed E-state index contributed by atoms with van der Waals surface area (Å²) in [7, 11) is 0. The third kappa shape index (κ3) is 2.68. The van der Waals surface area contributed by atoms with Gasteiger partial charge in [-0.2, -0.15) is 0 Å².